The zero-order valence-corrected chi connectivity index (χ0v) is 11.5. The molecule has 0 aromatic heterocycles. The summed E-state index contributed by atoms with van der Waals surface area (Å²) in [5.41, 5.74) is 5.92. The van der Waals surface area contributed by atoms with E-state index in [1.54, 1.807) is 0 Å². The van der Waals surface area contributed by atoms with E-state index in [1.165, 1.54) is 35.2 Å². The Labute approximate surface area is 105 Å². The fourth-order valence-corrected chi connectivity index (χ4v) is 2.40. The molecule has 0 spiro atoms. The van der Waals surface area contributed by atoms with E-state index in [-0.39, 0.29) is 0 Å². The van der Waals surface area contributed by atoms with Crippen LogP contribution in [0.5, 0.6) is 0 Å². The van der Waals surface area contributed by atoms with Gasteiger partial charge in [-0.3, -0.25) is 0 Å². The average Bonchev–Trinajstić information content (AvgIpc) is 3.03. The Morgan fingerprint density at radius 2 is 1.65 bits per heavy atom. The summed E-state index contributed by atoms with van der Waals surface area (Å²) in [6.45, 7) is 8.77. The van der Waals surface area contributed by atoms with Crippen LogP contribution in [0, 0.1) is 26.2 Å². The van der Waals surface area contributed by atoms with E-state index in [1.807, 2.05) is 7.05 Å². The Morgan fingerprint density at radius 3 is 2.24 bits per heavy atom. The molecule has 1 saturated carbocycles. The van der Waals surface area contributed by atoms with E-state index in [0.29, 0.717) is 5.41 Å². The molecule has 0 amide bonds. The van der Waals surface area contributed by atoms with Gasteiger partial charge in [-0.1, -0.05) is 6.07 Å². The highest BCUT2D eigenvalue weighted by Crippen LogP contribution is 2.45. The van der Waals surface area contributed by atoms with Crippen LogP contribution in [0.4, 0.5) is 5.69 Å². The Bertz CT molecular complexity index is 406. The molecule has 94 valence electrons. The minimum Gasteiger partial charge on any atom is -0.384 e. The monoisotopic (exact) mass is 232 g/mol. The lowest BCUT2D eigenvalue weighted by Crippen LogP contribution is -2.27. The average molecular weight is 232 g/mol. The summed E-state index contributed by atoms with van der Waals surface area (Å²) in [5, 5.41) is 6.93. The number of benzene rings is 1. The molecule has 2 nitrogen and oxygen atoms in total. The van der Waals surface area contributed by atoms with E-state index < -0.39 is 0 Å². The summed E-state index contributed by atoms with van der Waals surface area (Å²) in [7, 11) is 2.04. The van der Waals surface area contributed by atoms with Crippen molar-refractivity contribution in [3.63, 3.8) is 0 Å². The van der Waals surface area contributed by atoms with Crippen molar-refractivity contribution in [2.45, 2.75) is 33.6 Å². The highest BCUT2D eigenvalue weighted by atomic mass is 14.9. The Balaban J connectivity index is 2.02. The molecule has 0 heterocycles. The molecular weight excluding hydrogens is 208 g/mol. The van der Waals surface area contributed by atoms with E-state index in [2.05, 4.69) is 43.5 Å². The Morgan fingerprint density at radius 1 is 1.00 bits per heavy atom. The normalized spacial score (nSPS) is 16.9. The van der Waals surface area contributed by atoms with Gasteiger partial charge in [0, 0.05) is 24.2 Å². The molecule has 2 heteroatoms. The van der Waals surface area contributed by atoms with Crippen molar-refractivity contribution in [3.8, 4) is 0 Å². The van der Waals surface area contributed by atoms with Gasteiger partial charge in [-0.25, -0.2) is 0 Å². The fourth-order valence-electron chi connectivity index (χ4n) is 2.40. The minimum absolute atomic E-state index is 0.514. The molecule has 1 aliphatic carbocycles. The molecule has 17 heavy (non-hydrogen) atoms. The van der Waals surface area contributed by atoms with Crippen molar-refractivity contribution in [2.75, 3.05) is 25.5 Å². The minimum atomic E-state index is 0.514. The number of aryl methyl sites for hydroxylation is 3. The maximum Gasteiger partial charge on any atom is 0.0372 e. The topological polar surface area (TPSA) is 24.1 Å². The van der Waals surface area contributed by atoms with Gasteiger partial charge in [0.25, 0.3) is 0 Å². The molecule has 0 unspecified atom stereocenters. The first-order valence-corrected chi connectivity index (χ1v) is 6.53. The molecular formula is C15H24N2. The molecule has 2 N–H and O–H groups in total. The molecule has 2 rings (SSSR count). The van der Waals surface area contributed by atoms with Crippen LogP contribution >= 0.6 is 0 Å². The molecule has 0 atom stereocenters. The second-order valence-corrected chi connectivity index (χ2v) is 5.64. The molecule has 0 bridgehead atoms. The van der Waals surface area contributed by atoms with Gasteiger partial charge in [-0.2, -0.15) is 0 Å². The quantitative estimate of drug-likeness (QED) is 0.815. The van der Waals surface area contributed by atoms with Crippen molar-refractivity contribution < 1.29 is 0 Å². The third-order valence-electron chi connectivity index (χ3n) is 4.00. The first-order valence-electron chi connectivity index (χ1n) is 6.53. The molecule has 0 aliphatic heterocycles. The van der Waals surface area contributed by atoms with Crippen LogP contribution in [0.2, 0.25) is 0 Å². The maximum absolute atomic E-state index is 3.63. The van der Waals surface area contributed by atoms with E-state index >= 15 is 0 Å². The van der Waals surface area contributed by atoms with E-state index in [9.17, 15) is 0 Å². The largest absolute Gasteiger partial charge is 0.384 e. The zero-order valence-electron chi connectivity index (χ0n) is 11.5. The summed E-state index contributed by atoms with van der Waals surface area (Å²) in [6.07, 6.45) is 2.70. The lowest BCUT2D eigenvalue weighted by Gasteiger charge is -2.18. The molecule has 1 aromatic carbocycles. The molecule has 0 saturated heterocycles. The van der Waals surface area contributed by atoms with Gasteiger partial charge in [0.1, 0.15) is 0 Å². The van der Waals surface area contributed by atoms with E-state index in [4.69, 9.17) is 0 Å². The second kappa shape index (κ2) is 4.69. The third kappa shape index (κ3) is 2.81. The highest BCUT2D eigenvalue weighted by Gasteiger charge is 2.41. The lowest BCUT2D eigenvalue weighted by atomic mass is 10.0. The number of nitrogens with one attached hydrogen (secondary N) is 2. The van der Waals surface area contributed by atoms with Crippen LogP contribution in [0.15, 0.2) is 12.1 Å². The van der Waals surface area contributed by atoms with Crippen LogP contribution in [0.3, 0.4) is 0 Å². The third-order valence-corrected chi connectivity index (χ3v) is 4.00. The zero-order chi connectivity index (χ0) is 12.5. The number of hydrogen-bond donors (Lipinski definition) is 2. The van der Waals surface area contributed by atoms with Gasteiger partial charge in [0.15, 0.2) is 0 Å². The Kier molecular flexibility index (Phi) is 3.43. The summed E-state index contributed by atoms with van der Waals surface area (Å²) in [5.74, 6) is 0. The molecule has 1 aliphatic rings. The number of hydrogen-bond acceptors (Lipinski definition) is 2. The first kappa shape index (κ1) is 12.4. The Hall–Kier alpha value is -1.02. The highest BCUT2D eigenvalue weighted by molar-refractivity contribution is 5.55. The van der Waals surface area contributed by atoms with Gasteiger partial charge in [-0.05, 0) is 63.4 Å². The predicted molar refractivity (Wildman–Crippen MR) is 74.7 cm³/mol. The van der Waals surface area contributed by atoms with Crippen LogP contribution in [0.25, 0.3) is 0 Å². The van der Waals surface area contributed by atoms with Crippen molar-refractivity contribution in [2.24, 2.45) is 5.41 Å². The number of rotatable bonds is 5. The van der Waals surface area contributed by atoms with Crippen LogP contribution < -0.4 is 10.6 Å². The summed E-state index contributed by atoms with van der Waals surface area (Å²) >= 11 is 0. The molecule has 0 radical (unpaired) electrons. The smallest absolute Gasteiger partial charge is 0.0372 e. The maximum atomic E-state index is 3.63. The van der Waals surface area contributed by atoms with Gasteiger partial charge in [0.05, 0.1) is 0 Å². The standard InChI is InChI=1S/C15H24N2/c1-11-7-13(3)14(8-12(11)2)17-10-15(5-6-15)9-16-4/h7-8,16-17H,5-6,9-10H2,1-4H3. The van der Waals surface area contributed by atoms with Crippen LogP contribution in [-0.4, -0.2) is 20.1 Å². The molecule has 1 aromatic rings. The van der Waals surface area contributed by atoms with Gasteiger partial charge in [-0.15, -0.1) is 0 Å². The summed E-state index contributed by atoms with van der Waals surface area (Å²) in [6, 6.07) is 4.55. The predicted octanol–water partition coefficient (Wildman–Crippen LogP) is 3.02. The van der Waals surface area contributed by atoms with Crippen LogP contribution in [-0.2, 0) is 0 Å². The fraction of sp³-hybridized carbons (Fsp3) is 0.600. The molecule has 1 fully saturated rings. The second-order valence-electron chi connectivity index (χ2n) is 5.64. The van der Waals surface area contributed by atoms with Crippen molar-refractivity contribution in [3.05, 3.63) is 28.8 Å². The van der Waals surface area contributed by atoms with Crippen molar-refractivity contribution >= 4 is 5.69 Å². The van der Waals surface area contributed by atoms with E-state index in [0.717, 1.165) is 13.1 Å². The van der Waals surface area contributed by atoms with Gasteiger partial charge in [0.2, 0.25) is 0 Å². The van der Waals surface area contributed by atoms with Gasteiger partial charge < -0.3 is 10.6 Å². The first-order chi connectivity index (χ1) is 8.06. The van der Waals surface area contributed by atoms with Crippen molar-refractivity contribution in [1.82, 2.24) is 5.32 Å². The number of anilines is 1. The van der Waals surface area contributed by atoms with Crippen molar-refractivity contribution in [1.29, 1.82) is 0 Å². The SMILES string of the molecule is CNCC1(CNc2cc(C)c(C)cc2C)CC1. The van der Waals surface area contributed by atoms with Crippen LogP contribution in [0.1, 0.15) is 29.5 Å². The lowest BCUT2D eigenvalue weighted by molar-refractivity contribution is 0.507. The summed E-state index contributed by atoms with van der Waals surface area (Å²) in [4.78, 5) is 0. The summed E-state index contributed by atoms with van der Waals surface area (Å²) < 4.78 is 0. The van der Waals surface area contributed by atoms with Gasteiger partial charge >= 0.3 is 0 Å².